The standard InChI is InChI=1S/C11H18N4O3/c1-14(7-4-8-18-2)10-6-3-5-9(13-12)11(10)15(16)17/h3,5-6,13H,4,7-8,12H2,1-2H3. The van der Waals surface area contributed by atoms with Crippen LogP contribution in [0.5, 0.6) is 0 Å². The lowest BCUT2D eigenvalue weighted by molar-refractivity contribution is -0.383. The van der Waals surface area contributed by atoms with Gasteiger partial charge in [-0.1, -0.05) is 6.07 Å². The monoisotopic (exact) mass is 254 g/mol. The molecular formula is C11H18N4O3. The molecule has 1 aromatic carbocycles. The quantitative estimate of drug-likeness (QED) is 0.330. The number of ether oxygens (including phenoxy) is 1. The van der Waals surface area contributed by atoms with Crippen LogP contribution in [-0.4, -0.2) is 32.2 Å². The molecule has 0 atom stereocenters. The van der Waals surface area contributed by atoms with Gasteiger partial charge in [-0.2, -0.15) is 0 Å². The number of nitro benzene ring substituents is 1. The molecule has 100 valence electrons. The van der Waals surface area contributed by atoms with Gasteiger partial charge in [-0.05, 0) is 18.6 Å². The average Bonchev–Trinajstić information content (AvgIpc) is 2.37. The predicted octanol–water partition coefficient (Wildman–Crippen LogP) is 1.35. The van der Waals surface area contributed by atoms with Crippen molar-refractivity contribution in [2.45, 2.75) is 6.42 Å². The fourth-order valence-corrected chi connectivity index (χ4v) is 1.71. The lowest BCUT2D eigenvalue weighted by Gasteiger charge is -2.19. The van der Waals surface area contributed by atoms with E-state index in [0.717, 1.165) is 6.42 Å². The summed E-state index contributed by atoms with van der Waals surface area (Å²) in [6.07, 6.45) is 0.796. The first kappa shape index (κ1) is 14.2. The highest BCUT2D eigenvalue weighted by Gasteiger charge is 2.21. The second-order valence-electron chi connectivity index (χ2n) is 3.84. The van der Waals surface area contributed by atoms with Crippen molar-refractivity contribution in [1.29, 1.82) is 0 Å². The van der Waals surface area contributed by atoms with E-state index in [9.17, 15) is 10.1 Å². The lowest BCUT2D eigenvalue weighted by atomic mass is 10.2. The van der Waals surface area contributed by atoms with E-state index in [1.165, 1.54) is 0 Å². The lowest BCUT2D eigenvalue weighted by Crippen LogP contribution is -2.21. The predicted molar refractivity (Wildman–Crippen MR) is 70.7 cm³/mol. The summed E-state index contributed by atoms with van der Waals surface area (Å²) in [5.74, 6) is 5.29. The molecule has 0 saturated heterocycles. The third-order valence-electron chi connectivity index (χ3n) is 2.61. The first-order chi connectivity index (χ1) is 8.61. The molecule has 0 unspecified atom stereocenters. The molecule has 0 bridgehead atoms. The molecule has 0 aliphatic carbocycles. The van der Waals surface area contributed by atoms with Gasteiger partial charge in [0.1, 0.15) is 11.4 Å². The molecule has 7 heteroatoms. The van der Waals surface area contributed by atoms with E-state index in [0.29, 0.717) is 24.5 Å². The zero-order valence-corrected chi connectivity index (χ0v) is 10.5. The number of rotatable bonds is 7. The maximum atomic E-state index is 11.1. The van der Waals surface area contributed by atoms with Crippen LogP contribution in [0.15, 0.2) is 18.2 Å². The molecular weight excluding hydrogens is 236 g/mol. The van der Waals surface area contributed by atoms with Gasteiger partial charge in [-0.15, -0.1) is 0 Å². The molecule has 0 aliphatic heterocycles. The topological polar surface area (TPSA) is 93.7 Å². The molecule has 7 nitrogen and oxygen atoms in total. The molecule has 1 rings (SSSR count). The fourth-order valence-electron chi connectivity index (χ4n) is 1.71. The van der Waals surface area contributed by atoms with E-state index in [1.54, 1.807) is 32.4 Å². The number of hydrogen-bond acceptors (Lipinski definition) is 6. The average molecular weight is 254 g/mol. The van der Waals surface area contributed by atoms with Crippen molar-refractivity contribution in [2.24, 2.45) is 5.84 Å². The summed E-state index contributed by atoms with van der Waals surface area (Å²) < 4.78 is 4.96. The van der Waals surface area contributed by atoms with Gasteiger partial charge in [0.15, 0.2) is 0 Å². The van der Waals surface area contributed by atoms with Gasteiger partial charge in [0, 0.05) is 27.3 Å². The van der Waals surface area contributed by atoms with E-state index in [2.05, 4.69) is 5.43 Å². The molecule has 0 aromatic heterocycles. The number of hydrogen-bond donors (Lipinski definition) is 2. The van der Waals surface area contributed by atoms with Crippen LogP contribution in [0.2, 0.25) is 0 Å². The van der Waals surface area contributed by atoms with Gasteiger partial charge in [0.05, 0.1) is 4.92 Å². The van der Waals surface area contributed by atoms with Crippen LogP contribution in [0.1, 0.15) is 6.42 Å². The van der Waals surface area contributed by atoms with Crippen LogP contribution in [0.4, 0.5) is 17.1 Å². The van der Waals surface area contributed by atoms with Gasteiger partial charge in [0.2, 0.25) is 0 Å². The summed E-state index contributed by atoms with van der Waals surface area (Å²) in [5.41, 5.74) is 3.17. The molecule has 0 radical (unpaired) electrons. The second kappa shape index (κ2) is 6.77. The number of methoxy groups -OCH3 is 1. The van der Waals surface area contributed by atoms with Gasteiger partial charge in [-0.25, -0.2) is 0 Å². The molecule has 0 spiro atoms. The van der Waals surface area contributed by atoms with Crippen molar-refractivity contribution < 1.29 is 9.66 Å². The molecule has 0 amide bonds. The van der Waals surface area contributed by atoms with Crippen LogP contribution in [0.25, 0.3) is 0 Å². The van der Waals surface area contributed by atoms with E-state index in [4.69, 9.17) is 10.6 Å². The van der Waals surface area contributed by atoms with Crippen molar-refractivity contribution >= 4 is 17.1 Å². The Labute approximate surface area is 106 Å². The smallest absolute Gasteiger partial charge is 0.316 e. The number of nitrogens with one attached hydrogen (secondary N) is 1. The highest BCUT2D eigenvalue weighted by Crippen LogP contribution is 2.34. The Hall–Kier alpha value is -1.86. The molecule has 0 heterocycles. The minimum absolute atomic E-state index is 0.0140. The molecule has 0 aliphatic rings. The molecule has 0 saturated carbocycles. The Morgan fingerprint density at radius 3 is 2.83 bits per heavy atom. The van der Waals surface area contributed by atoms with Gasteiger partial charge < -0.3 is 15.1 Å². The van der Waals surface area contributed by atoms with Crippen LogP contribution in [-0.2, 0) is 4.74 Å². The van der Waals surface area contributed by atoms with Crippen LogP contribution >= 0.6 is 0 Å². The van der Waals surface area contributed by atoms with Crippen molar-refractivity contribution in [1.82, 2.24) is 0 Å². The summed E-state index contributed by atoms with van der Waals surface area (Å²) in [7, 11) is 3.43. The maximum Gasteiger partial charge on any atom is 0.316 e. The number of nitrogens with two attached hydrogens (primary N) is 1. The Bertz CT molecular complexity index is 411. The molecule has 1 aromatic rings. The summed E-state index contributed by atoms with van der Waals surface area (Å²) >= 11 is 0. The second-order valence-corrected chi connectivity index (χ2v) is 3.84. The highest BCUT2D eigenvalue weighted by molar-refractivity contribution is 5.76. The third-order valence-corrected chi connectivity index (χ3v) is 2.61. The number of nitrogen functional groups attached to an aromatic ring is 1. The first-order valence-corrected chi connectivity index (χ1v) is 5.56. The van der Waals surface area contributed by atoms with E-state index in [1.807, 2.05) is 4.90 Å². The Morgan fingerprint density at radius 2 is 2.28 bits per heavy atom. The Kier molecular flexibility index (Phi) is 5.34. The van der Waals surface area contributed by atoms with Gasteiger partial charge in [0.25, 0.3) is 0 Å². The highest BCUT2D eigenvalue weighted by atomic mass is 16.6. The minimum atomic E-state index is -0.433. The maximum absolute atomic E-state index is 11.1. The zero-order valence-electron chi connectivity index (χ0n) is 10.5. The summed E-state index contributed by atoms with van der Waals surface area (Å²) in [6, 6.07) is 5.00. The first-order valence-electron chi connectivity index (χ1n) is 5.56. The van der Waals surface area contributed by atoms with Crippen molar-refractivity contribution in [3.05, 3.63) is 28.3 Å². The number of benzene rings is 1. The zero-order chi connectivity index (χ0) is 13.5. The van der Waals surface area contributed by atoms with Crippen molar-refractivity contribution in [3.8, 4) is 0 Å². The number of para-hydroxylation sites is 1. The summed E-state index contributed by atoms with van der Waals surface area (Å²) in [4.78, 5) is 12.5. The van der Waals surface area contributed by atoms with E-state index >= 15 is 0 Å². The number of anilines is 2. The summed E-state index contributed by atoms with van der Waals surface area (Å²) in [5, 5.41) is 11.1. The Morgan fingerprint density at radius 1 is 1.56 bits per heavy atom. The van der Waals surface area contributed by atoms with Crippen LogP contribution < -0.4 is 16.2 Å². The van der Waals surface area contributed by atoms with Crippen molar-refractivity contribution in [3.63, 3.8) is 0 Å². The van der Waals surface area contributed by atoms with Crippen LogP contribution in [0.3, 0.4) is 0 Å². The molecule has 0 fully saturated rings. The summed E-state index contributed by atoms with van der Waals surface area (Å²) in [6.45, 7) is 1.29. The number of nitrogens with zero attached hydrogens (tertiary/aromatic N) is 2. The van der Waals surface area contributed by atoms with Gasteiger partial charge >= 0.3 is 5.69 Å². The van der Waals surface area contributed by atoms with Crippen LogP contribution in [0, 0.1) is 10.1 Å². The largest absolute Gasteiger partial charge is 0.385 e. The minimum Gasteiger partial charge on any atom is -0.385 e. The number of hydrazine groups is 1. The molecule has 18 heavy (non-hydrogen) atoms. The number of nitro groups is 1. The SMILES string of the molecule is COCCCN(C)c1cccc(NN)c1[N+](=O)[O-]. The van der Waals surface area contributed by atoms with E-state index < -0.39 is 4.92 Å². The van der Waals surface area contributed by atoms with E-state index in [-0.39, 0.29) is 5.69 Å². The normalized spacial score (nSPS) is 10.2. The fraction of sp³-hybridized carbons (Fsp3) is 0.455. The Balaban J connectivity index is 2.96. The van der Waals surface area contributed by atoms with Gasteiger partial charge in [-0.3, -0.25) is 16.0 Å². The molecule has 3 N–H and O–H groups in total. The van der Waals surface area contributed by atoms with Crippen molar-refractivity contribution in [2.75, 3.05) is 37.6 Å². The third kappa shape index (κ3) is 3.31.